The number of rotatable bonds is 4. The fourth-order valence-corrected chi connectivity index (χ4v) is 2.72. The van der Waals surface area contributed by atoms with Crippen LogP contribution in [0.1, 0.15) is 16.1 Å². The molecule has 25 heavy (non-hydrogen) atoms. The Morgan fingerprint density at radius 3 is 2.76 bits per heavy atom. The van der Waals surface area contributed by atoms with E-state index in [1.807, 2.05) is 65.2 Å². The molecule has 0 bridgehead atoms. The smallest absolute Gasteiger partial charge is 0.255 e. The summed E-state index contributed by atoms with van der Waals surface area (Å²) in [6.07, 6.45) is 3.57. The molecular weight excluding hydrogens is 316 g/mol. The maximum absolute atomic E-state index is 12.4. The molecule has 1 aromatic carbocycles. The number of aromatic nitrogens is 2. The predicted molar refractivity (Wildman–Crippen MR) is 94.9 cm³/mol. The van der Waals surface area contributed by atoms with Crippen molar-refractivity contribution in [1.29, 1.82) is 0 Å². The minimum absolute atomic E-state index is 0.245. The second kappa shape index (κ2) is 6.16. The molecule has 3 heterocycles. The van der Waals surface area contributed by atoms with Gasteiger partial charge >= 0.3 is 0 Å². The number of carbonyl (C=O) groups is 1. The Morgan fingerprint density at radius 2 is 1.96 bits per heavy atom. The van der Waals surface area contributed by atoms with Crippen molar-refractivity contribution < 1.29 is 9.32 Å². The average molecular weight is 332 g/mol. The molecule has 4 rings (SSSR count). The molecule has 6 heteroatoms. The molecular formula is C19H16N4O2. The van der Waals surface area contributed by atoms with Gasteiger partial charge in [0.15, 0.2) is 5.76 Å². The number of nitrogens with one attached hydrogen (secondary N) is 1. The van der Waals surface area contributed by atoms with Gasteiger partial charge < -0.3 is 20.0 Å². The highest BCUT2D eigenvalue weighted by molar-refractivity contribution is 6.03. The lowest BCUT2D eigenvalue weighted by Crippen LogP contribution is -2.23. The topological polar surface area (TPSA) is 85.6 Å². The number of anilines is 1. The highest BCUT2D eigenvalue weighted by Crippen LogP contribution is 2.22. The van der Waals surface area contributed by atoms with Gasteiger partial charge in [0, 0.05) is 24.0 Å². The summed E-state index contributed by atoms with van der Waals surface area (Å²) in [7, 11) is 0. The molecule has 6 nitrogen and oxygen atoms in total. The standard InChI is InChI=1S/C19H16N4O2/c20-18-15(12-23-9-5-4-8-16(18)23)19(24)21-11-14-10-17(25-22-14)13-6-2-1-3-7-13/h1-10,12H,11,20H2,(H,21,24). The molecule has 0 saturated heterocycles. The first kappa shape index (κ1) is 15.0. The Kier molecular flexibility index (Phi) is 3.70. The number of hydrogen-bond acceptors (Lipinski definition) is 4. The first-order valence-corrected chi connectivity index (χ1v) is 7.87. The molecule has 4 aromatic rings. The largest absolute Gasteiger partial charge is 0.396 e. The van der Waals surface area contributed by atoms with Crippen molar-refractivity contribution in [1.82, 2.24) is 14.9 Å². The van der Waals surface area contributed by atoms with Crippen LogP contribution in [0.3, 0.4) is 0 Å². The Balaban J connectivity index is 1.48. The Labute approximate surface area is 143 Å². The summed E-state index contributed by atoms with van der Waals surface area (Å²) in [5.74, 6) is 0.421. The van der Waals surface area contributed by atoms with Gasteiger partial charge in [0.25, 0.3) is 5.91 Å². The lowest BCUT2D eigenvalue weighted by Gasteiger charge is -2.01. The zero-order valence-corrected chi connectivity index (χ0v) is 13.3. The number of nitrogens with zero attached hydrogens (tertiary/aromatic N) is 2. The maximum atomic E-state index is 12.4. The number of amides is 1. The van der Waals surface area contributed by atoms with E-state index < -0.39 is 0 Å². The molecule has 0 aliphatic carbocycles. The van der Waals surface area contributed by atoms with Crippen molar-refractivity contribution in [2.75, 3.05) is 5.73 Å². The number of benzene rings is 1. The number of fused-ring (bicyclic) bond motifs is 1. The van der Waals surface area contributed by atoms with E-state index in [2.05, 4.69) is 10.5 Å². The Morgan fingerprint density at radius 1 is 1.16 bits per heavy atom. The van der Waals surface area contributed by atoms with E-state index in [4.69, 9.17) is 10.3 Å². The molecule has 0 unspecified atom stereocenters. The first-order chi connectivity index (χ1) is 12.2. The predicted octanol–water partition coefficient (Wildman–Crippen LogP) is 3.11. The monoisotopic (exact) mass is 332 g/mol. The van der Waals surface area contributed by atoms with E-state index >= 15 is 0 Å². The van der Waals surface area contributed by atoms with Gasteiger partial charge in [0.05, 0.1) is 23.3 Å². The van der Waals surface area contributed by atoms with Crippen LogP contribution in [0.5, 0.6) is 0 Å². The normalized spacial score (nSPS) is 10.9. The third kappa shape index (κ3) is 2.85. The summed E-state index contributed by atoms with van der Waals surface area (Å²) < 4.78 is 7.16. The molecule has 0 aliphatic rings. The maximum Gasteiger partial charge on any atom is 0.255 e. The van der Waals surface area contributed by atoms with Crippen molar-refractivity contribution in [3.05, 3.63) is 78.2 Å². The highest BCUT2D eigenvalue weighted by Gasteiger charge is 2.15. The van der Waals surface area contributed by atoms with Gasteiger partial charge in [-0.25, -0.2) is 0 Å². The van der Waals surface area contributed by atoms with Crippen molar-refractivity contribution in [2.45, 2.75) is 6.54 Å². The Bertz CT molecular complexity index is 1030. The van der Waals surface area contributed by atoms with Crippen LogP contribution in [0, 0.1) is 0 Å². The molecule has 1 amide bonds. The quantitative estimate of drug-likeness (QED) is 0.601. The van der Waals surface area contributed by atoms with Crippen LogP contribution in [-0.4, -0.2) is 15.5 Å². The number of nitrogens with two attached hydrogens (primary N) is 1. The van der Waals surface area contributed by atoms with Gasteiger partial charge in [-0.05, 0) is 12.1 Å². The van der Waals surface area contributed by atoms with Crippen molar-refractivity contribution in [3.8, 4) is 11.3 Å². The molecule has 3 N–H and O–H groups in total. The number of carbonyl (C=O) groups excluding carboxylic acids is 1. The van der Waals surface area contributed by atoms with Crippen LogP contribution < -0.4 is 11.1 Å². The molecule has 0 spiro atoms. The summed E-state index contributed by atoms with van der Waals surface area (Å²) in [6, 6.07) is 17.1. The van der Waals surface area contributed by atoms with Gasteiger partial charge in [-0.1, -0.05) is 41.6 Å². The highest BCUT2D eigenvalue weighted by atomic mass is 16.5. The van der Waals surface area contributed by atoms with Gasteiger partial charge in [0.2, 0.25) is 0 Å². The summed E-state index contributed by atoms with van der Waals surface area (Å²) >= 11 is 0. The molecule has 0 saturated carbocycles. The van der Waals surface area contributed by atoms with E-state index in [1.54, 1.807) is 6.20 Å². The molecule has 3 aromatic heterocycles. The van der Waals surface area contributed by atoms with Gasteiger partial charge in [-0.3, -0.25) is 4.79 Å². The lowest BCUT2D eigenvalue weighted by atomic mass is 10.1. The minimum Gasteiger partial charge on any atom is -0.396 e. The summed E-state index contributed by atoms with van der Waals surface area (Å²) in [6.45, 7) is 0.265. The fourth-order valence-electron chi connectivity index (χ4n) is 2.72. The summed E-state index contributed by atoms with van der Waals surface area (Å²) in [5, 5.41) is 6.82. The number of nitrogen functional groups attached to an aromatic ring is 1. The van der Waals surface area contributed by atoms with Crippen LogP contribution in [0.15, 0.2) is 71.5 Å². The van der Waals surface area contributed by atoms with Crippen molar-refractivity contribution >= 4 is 17.1 Å². The van der Waals surface area contributed by atoms with Crippen LogP contribution in [0.2, 0.25) is 0 Å². The number of hydrogen-bond donors (Lipinski definition) is 2. The van der Waals surface area contributed by atoms with Crippen LogP contribution in [0.4, 0.5) is 5.69 Å². The fraction of sp³-hybridized carbons (Fsp3) is 0.0526. The van der Waals surface area contributed by atoms with Gasteiger partial charge in [0.1, 0.15) is 5.69 Å². The molecule has 0 fully saturated rings. The number of pyridine rings is 1. The third-order valence-corrected chi connectivity index (χ3v) is 4.02. The lowest BCUT2D eigenvalue weighted by molar-refractivity contribution is 0.0951. The van der Waals surface area contributed by atoms with E-state index in [0.29, 0.717) is 22.7 Å². The minimum atomic E-state index is -0.245. The third-order valence-electron chi connectivity index (χ3n) is 4.02. The van der Waals surface area contributed by atoms with E-state index in [1.165, 1.54) is 0 Å². The van der Waals surface area contributed by atoms with Crippen molar-refractivity contribution in [2.24, 2.45) is 0 Å². The zero-order chi connectivity index (χ0) is 17.2. The van der Waals surface area contributed by atoms with Gasteiger partial charge in [-0.2, -0.15) is 0 Å². The van der Waals surface area contributed by atoms with Crippen LogP contribution in [0.25, 0.3) is 16.8 Å². The molecule has 0 atom stereocenters. The zero-order valence-electron chi connectivity index (χ0n) is 13.3. The van der Waals surface area contributed by atoms with E-state index in [0.717, 1.165) is 11.1 Å². The van der Waals surface area contributed by atoms with Crippen molar-refractivity contribution in [3.63, 3.8) is 0 Å². The molecule has 124 valence electrons. The molecule has 0 radical (unpaired) electrons. The second-order valence-corrected chi connectivity index (χ2v) is 5.68. The summed E-state index contributed by atoms with van der Waals surface area (Å²) in [4.78, 5) is 12.4. The van der Waals surface area contributed by atoms with Crippen LogP contribution >= 0.6 is 0 Å². The SMILES string of the molecule is Nc1c(C(=O)NCc2cc(-c3ccccc3)on2)cn2ccccc12. The average Bonchev–Trinajstić information content (AvgIpc) is 3.26. The van der Waals surface area contributed by atoms with Crippen LogP contribution in [-0.2, 0) is 6.54 Å². The summed E-state index contributed by atoms with van der Waals surface area (Å²) in [5.41, 5.74) is 9.37. The van der Waals surface area contributed by atoms with Gasteiger partial charge in [-0.15, -0.1) is 0 Å². The van der Waals surface area contributed by atoms with E-state index in [9.17, 15) is 4.79 Å². The second-order valence-electron chi connectivity index (χ2n) is 5.68. The van der Waals surface area contributed by atoms with E-state index in [-0.39, 0.29) is 12.5 Å². The Hall–Kier alpha value is -3.54. The molecule has 0 aliphatic heterocycles. The first-order valence-electron chi connectivity index (χ1n) is 7.87.